The number of hydrogen-bond donors (Lipinski definition) is 1. The number of amides is 1. The molecule has 1 N–H and O–H groups in total. The normalized spacial score (nSPS) is 12.5. The second kappa shape index (κ2) is 6.88. The van der Waals surface area contributed by atoms with Crippen molar-refractivity contribution in [3.8, 4) is 0 Å². The molecule has 0 aliphatic heterocycles. The van der Waals surface area contributed by atoms with Crippen LogP contribution < -0.4 is 5.32 Å². The monoisotopic (exact) mass is 296 g/mol. The van der Waals surface area contributed by atoms with Gasteiger partial charge in [-0.25, -0.2) is 0 Å². The van der Waals surface area contributed by atoms with Crippen molar-refractivity contribution in [1.82, 2.24) is 5.32 Å². The maximum Gasteiger partial charge on any atom is 0.416 e. The van der Waals surface area contributed by atoms with Crippen LogP contribution in [-0.4, -0.2) is 19.2 Å². The summed E-state index contributed by atoms with van der Waals surface area (Å²) in [5.74, 6) is -0.645. The fourth-order valence-corrected chi connectivity index (χ4v) is 1.65. The van der Waals surface area contributed by atoms with E-state index >= 15 is 0 Å². The third-order valence-electron chi connectivity index (χ3n) is 2.63. The van der Waals surface area contributed by atoms with Gasteiger partial charge >= 0.3 is 6.18 Å². The molecule has 0 fully saturated rings. The highest BCUT2D eigenvalue weighted by atomic mass is 19.4. The number of rotatable bonds is 4. The van der Waals surface area contributed by atoms with Gasteiger partial charge in [-0.1, -0.05) is 18.7 Å². The van der Waals surface area contributed by atoms with E-state index in [0.717, 1.165) is 6.07 Å². The van der Waals surface area contributed by atoms with Gasteiger partial charge in [-0.15, -0.1) is 0 Å². The topological polar surface area (TPSA) is 41.5 Å². The van der Waals surface area contributed by atoms with Crippen LogP contribution in [0, 0.1) is 6.92 Å². The number of carbonyl (C=O) groups excluding carboxylic acids is 1. The molecule has 0 spiro atoms. The molecule has 0 unspecified atom stereocenters. The van der Waals surface area contributed by atoms with E-state index in [-0.39, 0.29) is 11.1 Å². The molecule has 0 heterocycles. The van der Waals surface area contributed by atoms with Crippen molar-refractivity contribution in [2.45, 2.75) is 13.1 Å². The Morgan fingerprint density at radius 3 is 2.57 bits per heavy atom. The van der Waals surface area contributed by atoms with E-state index in [2.05, 4.69) is 16.9 Å². The summed E-state index contributed by atoms with van der Waals surface area (Å²) in [6, 6.07) is 3.44. The molecule has 112 valence electrons. The Morgan fingerprint density at radius 2 is 2.05 bits per heavy atom. The van der Waals surface area contributed by atoms with E-state index in [4.69, 9.17) is 0 Å². The minimum atomic E-state index is -4.50. The minimum absolute atomic E-state index is 0.0658. The predicted octanol–water partition coefficient (Wildman–Crippen LogP) is 3.51. The zero-order valence-corrected chi connectivity index (χ0v) is 11.7. The molecule has 0 aliphatic rings. The molecule has 6 heteroatoms. The zero-order valence-electron chi connectivity index (χ0n) is 11.7. The van der Waals surface area contributed by atoms with E-state index < -0.39 is 17.6 Å². The third-order valence-corrected chi connectivity index (χ3v) is 2.63. The van der Waals surface area contributed by atoms with Crippen LogP contribution in [0.3, 0.4) is 0 Å². The summed E-state index contributed by atoms with van der Waals surface area (Å²) >= 11 is 0. The van der Waals surface area contributed by atoms with Crippen LogP contribution in [0.1, 0.15) is 21.5 Å². The summed E-state index contributed by atoms with van der Waals surface area (Å²) in [5.41, 5.74) is -0.497. The summed E-state index contributed by atoms with van der Waals surface area (Å²) in [4.78, 5) is 15.7. The Balaban J connectivity index is 3.09. The first-order valence-corrected chi connectivity index (χ1v) is 6.03. The van der Waals surface area contributed by atoms with Gasteiger partial charge < -0.3 is 5.32 Å². The minimum Gasteiger partial charge on any atom is -0.321 e. The standard InChI is InChI=1S/C15H15F3N2O/c1-4-5-12(9-19-3)20-14(21)11-7-6-10(2)13(8-11)15(16,17)18/h4-9H,1H2,2-3H3,(H,20,21)/b12-5+,19-9?. The quantitative estimate of drug-likeness (QED) is 0.670. The van der Waals surface area contributed by atoms with Gasteiger partial charge in [0.1, 0.15) is 0 Å². The number of allylic oxidation sites excluding steroid dienone is 3. The molecule has 1 aromatic carbocycles. The smallest absolute Gasteiger partial charge is 0.321 e. The Bertz CT molecular complexity index is 601. The Morgan fingerprint density at radius 1 is 1.38 bits per heavy atom. The van der Waals surface area contributed by atoms with Crippen molar-refractivity contribution in [3.63, 3.8) is 0 Å². The summed E-state index contributed by atoms with van der Waals surface area (Å²) in [5, 5.41) is 2.47. The van der Waals surface area contributed by atoms with E-state index in [1.54, 1.807) is 0 Å². The van der Waals surface area contributed by atoms with Crippen molar-refractivity contribution in [2.75, 3.05) is 7.05 Å². The second-order valence-corrected chi connectivity index (χ2v) is 4.23. The number of halogens is 3. The van der Waals surface area contributed by atoms with Crippen molar-refractivity contribution in [1.29, 1.82) is 0 Å². The van der Waals surface area contributed by atoms with Gasteiger partial charge in [-0.05, 0) is 30.7 Å². The molecule has 1 aromatic rings. The van der Waals surface area contributed by atoms with Crippen LogP contribution in [0.15, 0.2) is 47.6 Å². The van der Waals surface area contributed by atoms with Gasteiger partial charge in [0, 0.05) is 18.8 Å². The lowest BCUT2D eigenvalue weighted by Gasteiger charge is -2.12. The van der Waals surface area contributed by atoms with Crippen molar-refractivity contribution >= 4 is 12.1 Å². The van der Waals surface area contributed by atoms with Crippen LogP contribution in [-0.2, 0) is 6.18 Å². The number of carbonyl (C=O) groups is 1. The lowest BCUT2D eigenvalue weighted by Crippen LogP contribution is -2.24. The van der Waals surface area contributed by atoms with Gasteiger partial charge in [0.2, 0.25) is 0 Å². The predicted molar refractivity (Wildman–Crippen MR) is 76.3 cm³/mol. The first-order valence-electron chi connectivity index (χ1n) is 6.03. The van der Waals surface area contributed by atoms with Crippen LogP contribution in [0.2, 0.25) is 0 Å². The molecule has 0 saturated carbocycles. The molecule has 1 rings (SSSR count). The molecule has 1 amide bonds. The van der Waals surface area contributed by atoms with Crippen molar-refractivity contribution in [3.05, 3.63) is 59.3 Å². The van der Waals surface area contributed by atoms with Crippen LogP contribution in [0.5, 0.6) is 0 Å². The zero-order chi connectivity index (χ0) is 16.0. The van der Waals surface area contributed by atoms with E-state index in [0.29, 0.717) is 5.70 Å². The maximum atomic E-state index is 12.8. The summed E-state index contributed by atoms with van der Waals surface area (Å²) < 4.78 is 38.5. The molecular weight excluding hydrogens is 281 g/mol. The lowest BCUT2D eigenvalue weighted by molar-refractivity contribution is -0.138. The number of benzene rings is 1. The van der Waals surface area contributed by atoms with Gasteiger partial charge in [0.05, 0.1) is 11.3 Å². The summed E-state index contributed by atoms with van der Waals surface area (Å²) in [7, 11) is 1.51. The SMILES string of the molecule is C=C/C=C(\C=NC)NC(=O)c1ccc(C)c(C(F)(F)F)c1. The highest BCUT2D eigenvalue weighted by Crippen LogP contribution is 2.32. The number of nitrogens with one attached hydrogen (secondary N) is 1. The Labute approximate surface area is 120 Å². The van der Waals surface area contributed by atoms with Crippen LogP contribution in [0.25, 0.3) is 0 Å². The Kier molecular flexibility index (Phi) is 5.46. The molecule has 3 nitrogen and oxygen atoms in total. The van der Waals surface area contributed by atoms with E-state index in [9.17, 15) is 18.0 Å². The maximum absolute atomic E-state index is 12.8. The van der Waals surface area contributed by atoms with Crippen LogP contribution in [0.4, 0.5) is 13.2 Å². The molecule has 0 atom stereocenters. The summed E-state index contributed by atoms with van der Waals surface area (Å²) in [6.07, 6.45) is -0.194. The molecule has 0 bridgehead atoms. The average Bonchev–Trinajstić information content (AvgIpc) is 2.38. The number of hydrogen-bond acceptors (Lipinski definition) is 2. The van der Waals surface area contributed by atoms with Crippen molar-refractivity contribution in [2.24, 2.45) is 4.99 Å². The molecule has 0 aromatic heterocycles. The molecule has 0 radical (unpaired) electrons. The number of aryl methyl sites for hydroxylation is 1. The number of aliphatic imine (C=N–C) groups is 1. The van der Waals surface area contributed by atoms with Gasteiger partial charge in [0.25, 0.3) is 5.91 Å². The fourth-order valence-electron chi connectivity index (χ4n) is 1.65. The van der Waals surface area contributed by atoms with Gasteiger partial charge in [-0.3, -0.25) is 9.79 Å². The first kappa shape index (κ1) is 16.7. The van der Waals surface area contributed by atoms with E-state index in [1.807, 2.05) is 0 Å². The molecular formula is C15H15F3N2O. The molecule has 21 heavy (non-hydrogen) atoms. The number of alkyl halides is 3. The fraction of sp³-hybridized carbons (Fsp3) is 0.200. The van der Waals surface area contributed by atoms with Crippen molar-refractivity contribution < 1.29 is 18.0 Å². The largest absolute Gasteiger partial charge is 0.416 e. The first-order chi connectivity index (χ1) is 9.79. The highest BCUT2D eigenvalue weighted by Gasteiger charge is 2.32. The van der Waals surface area contributed by atoms with Gasteiger partial charge in [-0.2, -0.15) is 13.2 Å². The lowest BCUT2D eigenvalue weighted by atomic mass is 10.0. The number of nitrogens with zero attached hydrogens (tertiary/aromatic N) is 1. The molecule has 0 saturated heterocycles. The van der Waals surface area contributed by atoms with E-state index in [1.165, 1.54) is 44.5 Å². The second-order valence-electron chi connectivity index (χ2n) is 4.23. The molecule has 0 aliphatic carbocycles. The average molecular weight is 296 g/mol. The Hall–Kier alpha value is -2.37. The van der Waals surface area contributed by atoms with Gasteiger partial charge in [0.15, 0.2) is 0 Å². The van der Waals surface area contributed by atoms with Crippen LogP contribution >= 0.6 is 0 Å². The third kappa shape index (κ3) is 4.59. The summed E-state index contributed by atoms with van der Waals surface area (Å²) in [6.45, 7) is 4.83. The highest BCUT2D eigenvalue weighted by molar-refractivity contribution is 5.99.